The normalized spacial score (nSPS) is 14.8. The van der Waals surface area contributed by atoms with E-state index in [1.807, 2.05) is 19.1 Å². The Bertz CT molecular complexity index is 789. The minimum Gasteiger partial charge on any atom is -0.443 e. The van der Waals surface area contributed by atoms with Gasteiger partial charge >= 0.3 is 0 Å². The zero-order valence-electron chi connectivity index (χ0n) is 12.1. The Kier molecular flexibility index (Phi) is 3.74. The summed E-state index contributed by atoms with van der Waals surface area (Å²) in [5.74, 6) is -0.348. The number of aromatic nitrogens is 1. The van der Waals surface area contributed by atoms with E-state index in [1.165, 1.54) is 0 Å². The van der Waals surface area contributed by atoms with Crippen molar-refractivity contribution in [3.63, 3.8) is 0 Å². The third kappa shape index (κ3) is 3.36. The van der Waals surface area contributed by atoms with Crippen LogP contribution in [0.4, 0.5) is 0 Å². The van der Waals surface area contributed by atoms with Crippen LogP contribution in [-0.4, -0.2) is 25.1 Å². The van der Waals surface area contributed by atoms with Crippen molar-refractivity contribution in [2.75, 3.05) is 5.75 Å². The first kappa shape index (κ1) is 14.8. The number of carbonyl (C=O) groups excluding carboxylic acids is 1. The lowest BCUT2D eigenvalue weighted by molar-refractivity contribution is 0.0977. The van der Waals surface area contributed by atoms with Crippen molar-refractivity contribution in [2.45, 2.75) is 19.8 Å². The molecule has 1 saturated carbocycles. The molecule has 22 heavy (non-hydrogen) atoms. The first-order chi connectivity index (χ1) is 10.4. The summed E-state index contributed by atoms with van der Waals surface area (Å²) < 4.78 is 31.1. The number of oxazole rings is 1. The molecule has 1 heterocycles. The smallest absolute Gasteiger partial charge is 0.287 e. The lowest BCUT2D eigenvalue weighted by Gasteiger charge is -2.05. The molecule has 1 aliphatic carbocycles. The molecule has 2 aromatic rings. The SMILES string of the molecule is Cc1ccc(-c2ocnc2C(=O)NS(=O)(=O)CC2CC2)cc1. The summed E-state index contributed by atoms with van der Waals surface area (Å²) in [4.78, 5) is 16.0. The minimum absolute atomic E-state index is 0.0174. The van der Waals surface area contributed by atoms with Crippen molar-refractivity contribution in [1.82, 2.24) is 9.71 Å². The number of hydrogen-bond acceptors (Lipinski definition) is 5. The molecule has 0 unspecified atom stereocenters. The molecule has 0 aliphatic heterocycles. The molecule has 0 atom stereocenters. The molecule has 7 heteroatoms. The van der Waals surface area contributed by atoms with Crippen LogP contribution in [-0.2, 0) is 10.0 Å². The molecule has 0 saturated heterocycles. The molecule has 3 rings (SSSR count). The van der Waals surface area contributed by atoms with Gasteiger partial charge in [-0.3, -0.25) is 4.79 Å². The van der Waals surface area contributed by atoms with E-state index in [1.54, 1.807) is 12.1 Å². The fraction of sp³-hybridized carbons (Fsp3) is 0.333. The first-order valence-electron chi connectivity index (χ1n) is 7.00. The lowest BCUT2D eigenvalue weighted by atomic mass is 10.1. The van der Waals surface area contributed by atoms with Crippen LogP contribution in [0.2, 0.25) is 0 Å². The lowest BCUT2D eigenvalue weighted by Crippen LogP contribution is -2.33. The Labute approximate surface area is 128 Å². The van der Waals surface area contributed by atoms with Crippen LogP contribution < -0.4 is 4.72 Å². The van der Waals surface area contributed by atoms with Crippen molar-refractivity contribution in [3.05, 3.63) is 41.9 Å². The fourth-order valence-electron chi connectivity index (χ4n) is 2.14. The summed E-state index contributed by atoms with van der Waals surface area (Å²) in [6.45, 7) is 1.95. The van der Waals surface area contributed by atoms with E-state index in [-0.39, 0.29) is 23.1 Å². The van der Waals surface area contributed by atoms with Gasteiger partial charge in [-0.1, -0.05) is 29.8 Å². The van der Waals surface area contributed by atoms with Crippen LogP contribution in [0, 0.1) is 12.8 Å². The van der Waals surface area contributed by atoms with Crippen molar-refractivity contribution in [3.8, 4) is 11.3 Å². The number of benzene rings is 1. The van der Waals surface area contributed by atoms with Crippen molar-refractivity contribution in [1.29, 1.82) is 0 Å². The summed E-state index contributed by atoms with van der Waals surface area (Å²) in [7, 11) is -3.63. The van der Waals surface area contributed by atoms with E-state index >= 15 is 0 Å². The van der Waals surface area contributed by atoms with E-state index in [9.17, 15) is 13.2 Å². The molecule has 0 radical (unpaired) electrons. The number of aryl methyl sites for hydroxylation is 1. The molecule has 1 aromatic heterocycles. The Morgan fingerprint density at radius 3 is 2.64 bits per heavy atom. The zero-order valence-corrected chi connectivity index (χ0v) is 12.9. The highest BCUT2D eigenvalue weighted by Crippen LogP contribution is 2.30. The first-order valence-corrected chi connectivity index (χ1v) is 8.65. The standard InChI is InChI=1S/C15H16N2O4S/c1-10-2-6-12(7-3-10)14-13(16-9-21-14)15(18)17-22(19,20)8-11-4-5-11/h2-3,6-7,9,11H,4-5,8H2,1H3,(H,17,18). The Hall–Kier alpha value is -2.15. The summed E-state index contributed by atoms with van der Waals surface area (Å²) in [5, 5.41) is 0. The van der Waals surface area contributed by atoms with Gasteiger partial charge in [-0.2, -0.15) is 0 Å². The maximum Gasteiger partial charge on any atom is 0.287 e. The minimum atomic E-state index is -3.63. The summed E-state index contributed by atoms with van der Waals surface area (Å²) in [5.41, 5.74) is 1.72. The molecule has 116 valence electrons. The van der Waals surface area contributed by atoms with Crippen LogP contribution in [0.25, 0.3) is 11.3 Å². The topological polar surface area (TPSA) is 89.3 Å². The molecule has 6 nitrogen and oxygen atoms in total. The van der Waals surface area contributed by atoms with E-state index in [2.05, 4.69) is 9.71 Å². The number of hydrogen-bond donors (Lipinski definition) is 1. The van der Waals surface area contributed by atoms with Gasteiger partial charge in [0.1, 0.15) is 0 Å². The Morgan fingerprint density at radius 1 is 1.32 bits per heavy atom. The largest absolute Gasteiger partial charge is 0.443 e. The summed E-state index contributed by atoms with van der Waals surface area (Å²) in [6, 6.07) is 7.35. The Morgan fingerprint density at radius 2 is 2.00 bits per heavy atom. The predicted octanol–water partition coefficient (Wildman–Crippen LogP) is 2.12. The maximum atomic E-state index is 12.2. The van der Waals surface area contributed by atoms with E-state index in [4.69, 9.17) is 4.42 Å². The van der Waals surface area contributed by atoms with E-state index < -0.39 is 15.9 Å². The highest BCUT2D eigenvalue weighted by atomic mass is 32.2. The third-order valence-electron chi connectivity index (χ3n) is 3.50. The van der Waals surface area contributed by atoms with Crippen LogP contribution >= 0.6 is 0 Å². The number of sulfonamides is 1. The number of rotatable bonds is 5. The van der Waals surface area contributed by atoms with Crippen molar-refractivity contribution < 1.29 is 17.6 Å². The molecule has 1 aliphatic rings. The van der Waals surface area contributed by atoms with Gasteiger partial charge < -0.3 is 4.42 Å². The Balaban J connectivity index is 1.81. The number of carbonyl (C=O) groups is 1. The highest BCUT2D eigenvalue weighted by molar-refractivity contribution is 7.90. The molecular weight excluding hydrogens is 304 g/mol. The second kappa shape index (κ2) is 5.57. The molecular formula is C15H16N2O4S. The number of nitrogens with zero attached hydrogens (tertiary/aromatic N) is 1. The van der Waals surface area contributed by atoms with Crippen LogP contribution in [0.15, 0.2) is 35.1 Å². The average Bonchev–Trinajstić information content (AvgIpc) is 3.10. The number of nitrogens with one attached hydrogen (secondary N) is 1. The monoisotopic (exact) mass is 320 g/mol. The van der Waals surface area contributed by atoms with Crippen LogP contribution in [0.5, 0.6) is 0 Å². The van der Waals surface area contributed by atoms with E-state index in [0.29, 0.717) is 5.56 Å². The third-order valence-corrected chi connectivity index (χ3v) is 4.90. The molecule has 0 spiro atoms. The molecule has 1 fully saturated rings. The number of amides is 1. The zero-order chi connectivity index (χ0) is 15.7. The van der Waals surface area contributed by atoms with Gasteiger partial charge in [0.2, 0.25) is 10.0 Å². The van der Waals surface area contributed by atoms with E-state index in [0.717, 1.165) is 24.8 Å². The van der Waals surface area contributed by atoms with Gasteiger partial charge in [0.15, 0.2) is 17.8 Å². The van der Waals surface area contributed by atoms with Crippen LogP contribution in [0.3, 0.4) is 0 Å². The molecule has 1 aromatic carbocycles. The van der Waals surface area contributed by atoms with Crippen molar-refractivity contribution in [2.24, 2.45) is 5.92 Å². The van der Waals surface area contributed by atoms with Gasteiger partial charge in [0.05, 0.1) is 5.75 Å². The fourth-order valence-corrected chi connectivity index (χ4v) is 3.56. The summed E-state index contributed by atoms with van der Waals surface area (Å²) >= 11 is 0. The average molecular weight is 320 g/mol. The quantitative estimate of drug-likeness (QED) is 0.911. The van der Waals surface area contributed by atoms with Gasteiger partial charge in [0.25, 0.3) is 5.91 Å². The molecule has 1 N–H and O–H groups in total. The van der Waals surface area contributed by atoms with Gasteiger partial charge in [0, 0.05) is 5.56 Å². The second-order valence-electron chi connectivity index (χ2n) is 5.55. The molecule has 0 bridgehead atoms. The maximum absolute atomic E-state index is 12.2. The molecule has 1 amide bonds. The van der Waals surface area contributed by atoms with Gasteiger partial charge in [-0.15, -0.1) is 0 Å². The van der Waals surface area contributed by atoms with Gasteiger partial charge in [-0.05, 0) is 25.7 Å². The highest BCUT2D eigenvalue weighted by Gasteiger charge is 2.30. The van der Waals surface area contributed by atoms with Crippen molar-refractivity contribution >= 4 is 15.9 Å². The predicted molar refractivity (Wildman–Crippen MR) is 80.7 cm³/mol. The summed E-state index contributed by atoms with van der Waals surface area (Å²) in [6.07, 6.45) is 2.93. The van der Waals surface area contributed by atoms with Gasteiger partial charge in [-0.25, -0.2) is 18.1 Å². The van der Waals surface area contributed by atoms with Crippen LogP contribution in [0.1, 0.15) is 28.9 Å². The second-order valence-corrected chi connectivity index (χ2v) is 7.32.